The minimum Gasteiger partial charge on any atom is -0.491 e. The number of carbonyl (C=O) groups excluding carboxylic acids is 1. The third-order valence-corrected chi connectivity index (χ3v) is 3.51. The smallest absolute Gasteiger partial charge is 0.332 e. The molecule has 0 aromatic heterocycles. The Morgan fingerprint density at radius 2 is 2.00 bits per heavy atom. The van der Waals surface area contributed by atoms with Gasteiger partial charge in [-0.25, -0.2) is 4.79 Å². The Kier molecular flexibility index (Phi) is 5.33. The van der Waals surface area contributed by atoms with Crippen LogP contribution in [-0.2, 0) is 20.7 Å². The zero-order chi connectivity index (χ0) is 15.2. The van der Waals surface area contributed by atoms with Gasteiger partial charge in [-0.15, -0.1) is 0 Å². The maximum Gasteiger partial charge on any atom is 0.332 e. The minimum atomic E-state index is -0.910. The summed E-state index contributed by atoms with van der Waals surface area (Å²) < 4.78 is 11.0. The zero-order valence-electron chi connectivity index (χ0n) is 12.1. The predicted octanol–water partition coefficient (Wildman–Crippen LogP) is 2.22. The Labute approximate surface area is 123 Å². The van der Waals surface area contributed by atoms with E-state index in [9.17, 15) is 9.59 Å². The van der Waals surface area contributed by atoms with E-state index in [0.717, 1.165) is 17.7 Å². The summed E-state index contributed by atoms with van der Waals surface area (Å²) >= 11 is 0. The fourth-order valence-corrected chi connectivity index (χ4v) is 2.27. The molecule has 0 amide bonds. The molecule has 1 saturated heterocycles. The van der Waals surface area contributed by atoms with E-state index in [4.69, 9.17) is 14.6 Å². The van der Waals surface area contributed by atoms with Gasteiger partial charge in [0.2, 0.25) is 0 Å². The van der Waals surface area contributed by atoms with Crippen molar-refractivity contribution in [2.75, 3.05) is 6.61 Å². The van der Waals surface area contributed by atoms with Crippen LogP contribution in [0.3, 0.4) is 0 Å². The highest BCUT2D eigenvalue weighted by Crippen LogP contribution is 2.21. The van der Waals surface area contributed by atoms with Crippen molar-refractivity contribution in [3.8, 4) is 5.75 Å². The molecule has 5 nitrogen and oxygen atoms in total. The number of carboxylic acids is 1. The van der Waals surface area contributed by atoms with E-state index in [0.29, 0.717) is 25.9 Å². The molecule has 2 unspecified atom stereocenters. The summed E-state index contributed by atoms with van der Waals surface area (Å²) in [7, 11) is 0. The number of hydrogen-bond donors (Lipinski definition) is 1. The van der Waals surface area contributed by atoms with Gasteiger partial charge in [0.25, 0.3) is 0 Å². The molecule has 2 atom stereocenters. The molecule has 1 aromatic carbocycles. The van der Waals surface area contributed by atoms with Gasteiger partial charge in [-0.1, -0.05) is 12.1 Å². The van der Waals surface area contributed by atoms with Crippen LogP contribution in [0.15, 0.2) is 24.3 Å². The highest BCUT2D eigenvalue weighted by atomic mass is 16.6. The molecule has 2 rings (SSSR count). The average molecular weight is 292 g/mol. The number of aliphatic carboxylic acids is 1. The van der Waals surface area contributed by atoms with Crippen LogP contribution in [-0.4, -0.2) is 35.7 Å². The van der Waals surface area contributed by atoms with Crippen molar-refractivity contribution in [2.45, 2.75) is 44.8 Å². The maximum atomic E-state index is 10.9. The number of rotatable bonds is 7. The summed E-state index contributed by atoms with van der Waals surface area (Å²) in [5.41, 5.74) is 1.10. The molecule has 5 heteroatoms. The van der Waals surface area contributed by atoms with Gasteiger partial charge in [-0.3, -0.25) is 0 Å². The van der Waals surface area contributed by atoms with Crippen LogP contribution in [0.5, 0.6) is 5.75 Å². The van der Waals surface area contributed by atoms with E-state index < -0.39 is 12.1 Å². The van der Waals surface area contributed by atoms with Gasteiger partial charge < -0.3 is 19.4 Å². The second kappa shape index (κ2) is 7.22. The number of ether oxygens (including phenoxy) is 2. The molecule has 114 valence electrons. The standard InChI is InChI=1S/C16H20O5/c1-11(17)2-3-12-4-6-13(7-5-12)20-10-14-8-9-15(21-14)16(18)19/h4-7,14-15H,2-3,8-10H2,1H3,(H,18,19). The summed E-state index contributed by atoms with van der Waals surface area (Å²) in [4.78, 5) is 21.7. The summed E-state index contributed by atoms with van der Waals surface area (Å²) in [6.45, 7) is 1.94. The Hall–Kier alpha value is -1.88. The van der Waals surface area contributed by atoms with E-state index in [1.165, 1.54) is 0 Å². The fourth-order valence-electron chi connectivity index (χ4n) is 2.27. The van der Waals surface area contributed by atoms with E-state index in [-0.39, 0.29) is 11.9 Å². The molecule has 0 saturated carbocycles. The quantitative estimate of drug-likeness (QED) is 0.834. The first-order valence-electron chi connectivity index (χ1n) is 7.14. The predicted molar refractivity (Wildman–Crippen MR) is 76.5 cm³/mol. The van der Waals surface area contributed by atoms with Crippen LogP contribution in [0.4, 0.5) is 0 Å². The molecular formula is C16H20O5. The molecule has 0 bridgehead atoms. The Morgan fingerprint density at radius 3 is 2.57 bits per heavy atom. The number of ketones is 1. The lowest BCUT2D eigenvalue weighted by molar-refractivity contribution is -0.149. The molecule has 1 aromatic rings. The third-order valence-electron chi connectivity index (χ3n) is 3.51. The van der Waals surface area contributed by atoms with Gasteiger partial charge >= 0.3 is 5.97 Å². The van der Waals surface area contributed by atoms with Crippen molar-refractivity contribution in [1.82, 2.24) is 0 Å². The summed E-state index contributed by atoms with van der Waals surface area (Å²) in [6, 6.07) is 7.60. The van der Waals surface area contributed by atoms with Gasteiger partial charge in [0.15, 0.2) is 6.10 Å². The monoisotopic (exact) mass is 292 g/mol. The van der Waals surface area contributed by atoms with Gasteiger partial charge in [0, 0.05) is 6.42 Å². The highest BCUT2D eigenvalue weighted by Gasteiger charge is 2.30. The SMILES string of the molecule is CC(=O)CCc1ccc(OCC2CCC(C(=O)O)O2)cc1. The van der Waals surface area contributed by atoms with Crippen LogP contribution in [0, 0.1) is 0 Å². The lowest BCUT2D eigenvalue weighted by Gasteiger charge is -2.13. The molecule has 0 spiro atoms. The van der Waals surface area contributed by atoms with Crippen LogP contribution in [0.2, 0.25) is 0 Å². The van der Waals surface area contributed by atoms with E-state index in [1.54, 1.807) is 6.92 Å². The highest BCUT2D eigenvalue weighted by molar-refractivity contribution is 5.75. The molecule has 1 aliphatic rings. The first-order chi connectivity index (χ1) is 10.0. The number of Topliss-reactive ketones (excluding diaryl/α,β-unsaturated/α-hetero) is 1. The first kappa shape index (κ1) is 15.5. The summed E-state index contributed by atoms with van der Waals surface area (Å²) in [6.07, 6.45) is 1.66. The fraction of sp³-hybridized carbons (Fsp3) is 0.500. The van der Waals surface area contributed by atoms with Crippen LogP contribution >= 0.6 is 0 Å². The second-order valence-electron chi connectivity index (χ2n) is 5.32. The van der Waals surface area contributed by atoms with Gasteiger partial charge in [-0.05, 0) is 43.9 Å². The van der Waals surface area contributed by atoms with Crippen LogP contribution in [0.25, 0.3) is 0 Å². The first-order valence-corrected chi connectivity index (χ1v) is 7.14. The number of carbonyl (C=O) groups is 2. The number of benzene rings is 1. The van der Waals surface area contributed by atoms with Crippen molar-refractivity contribution < 1.29 is 24.2 Å². The molecule has 0 aliphatic carbocycles. The van der Waals surface area contributed by atoms with Crippen molar-refractivity contribution in [2.24, 2.45) is 0 Å². The van der Waals surface area contributed by atoms with E-state index in [1.807, 2.05) is 24.3 Å². The second-order valence-corrected chi connectivity index (χ2v) is 5.32. The summed E-state index contributed by atoms with van der Waals surface area (Å²) in [5.74, 6) is -0.00188. The van der Waals surface area contributed by atoms with Crippen molar-refractivity contribution in [3.63, 3.8) is 0 Å². The van der Waals surface area contributed by atoms with E-state index >= 15 is 0 Å². The lowest BCUT2D eigenvalue weighted by Crippen LogP contribution is -2.23. The van der Waals surface area contributed by atoms with Gasteiger partial charge in [-0.2, -0.15) is 0 Å². The summed E-state index contributed by atoms with van der Waals surface area (Å²) in [5, 5.41) is 8.85. The average Bonchev–Trinajstić information content (AvgIpc) is 2.93. The Morgan fingerprint density at radius 1 is 1.29 bits per heavy atom. The molecule has 1 N–H and O–H groups in total. The van der Waals surface area contributed by atoms with Crippen molar-refractivity contribution in [1.29, 1.82) is 0 Å². The van der Waals surface area contributed by atoms with Gasteiger partial charge in [0.05, 0.1) is 6.10 Å². The third kappa shape index (κ3) is 4.86. The molecule has 0 radical (unpaired) electrons. The molecule has 1 fully saturated rings. The maximum absolute atomic E-state index is 10.9. The van der Waals surface area contributed by atoms with Gasteiger partial charge in [0.1, 0.15) is 18.1 Å². The Bertz CT molecular complexity index is 494. The Balaban J connectivity index is 1.76. The molecular weight excluding hydrogens is 272 g/mol. The zero-order valence-corrected chi connectivity index (χ0v) is 12.1. The number of carboxylic acid groups (broad SMARTS) is 1. The van der Waals surface area contributed by atoms with Crippen molar-refractivity contribution >= 4 is 11.8 Å². The van der Waals surface area contributed by atoms with Crippen LogP contribution in [0.1, 0.15) is 31.7 Å². The van der Waals surface area contributed by atoms with Crippen LogP contribution < -0.4 is 4.74 Å². The van der Waals surface area contributed by atoms with Crippen molar-refractivity contribution in [3.05, 3.63) is 29.8 Å². The molecule has 21 heavy (non-hydrogen) atoms. The normalized spacial score (nSPS) is 21.2. The lowest BCUT2D eigenvalue weighted by atomic mass is 10.1. The topological polar surface area (TPSA) is 72.8 Å². The molecule has 1 heterocycles. The van der Waals surface area contributed by atoms with E-state index in [2.05, 4.69) is 0 Å². The number of aryl methyl sites for hydroxylation is 1. The largest absolute Gasteiger partial charge is 0.491 e. The number of hydrogen-bond acceptors (Lipinski definition) is 4. The minimum absolute atomic E-state index is 0.163. The molecule has 1 aliphatic heterocycles.